The molecule has 0 aliphatic carbocycles. The van der Waals surface area contributed by atoms with Crippen molar-refractivity contribution < 1.29 is 24.3 Å². The third-order valence-electron chi connectivity index (χ3n) is 2.43. The summed E-state index contributed by atoms with van der Waals surface area (Å²) in [6, 6.07) is -1.62. The molecule has 1 atom stereocenters. The molecule has 0 saturated carbocycles. The molecule has 1 fully saturated rings. The zero-order chi connectivity index (χ0) is 14.4. The number of terminal acetylenes is 1. The molecule has 4 amide bonds. The van der Waals surface area contributed by atoms with Crippen LogP contribution in [0, 0.1) is 12.3 Å². The van der Waals surface area contributed by atoms with E-state index >= 15 is 0 Å². The topological polar surface area (TPSA) is 116 Å². The highest BCUT2D eigenvalue weighted by molar-refractivity contribution is 6.01. The number of rotatable bonds is 4. The fourth-order valence-corrected chi connectivity index (χ4v) is 1.54. The van der Waals surface area contributed by atoms with E-state index in [9.17, 15) is 19.2 Å². The van der Waals surface area contributed by atoms with Crippen LogP contribution in [0.3, 0.4) is 0 Å². The quantitative estimate of drug-likeness (QED) is 0.424. The van der Waals surface area contributed by atoms with Crippen molar-refractivity contribution in [2.75, 3.05) is 13.1 Å². The van der Waals surface area contributed by atoms with Gasteiger partial charge >= 0.3 is 12.0 Å². The number of aliphatic carboxylic acids is 1. The number of nitrogens with one attached hydrogen (secondary N) is 2. The highest BCUT2D eigenvalue weighted by Crippen LogP contribution is 2.05. The van der Waals surface area contributed by atoms with Crippen LogP contribution in [-0.4, -0.2) is 53.0 Å². The molecule has 0 radical (unpaired) electrons. The Morgan fingerprint density at radius 2 is 2.21 bits per heavy atom. The maximum Gasteiger partial charge on any atom is 0.323 e. The number of carboxylic acids is 1. The number of urea groups is 1. The number of hydrogen-bond donors (Lipinski definition) is 3. The zero-order valence-electron chi connectivity index (χ0n) is 10.0. The normalized spacial score (nSPS) is 18.2. The number of carbonyl (C=O) groups is 4. The fourth-order valence-electron chi connectivity index (χ4n) is 1.54. The summed E-state index contributed by atoms with van der Waals surface area (Å²) in [5.41, 5.74) is 0. The van der Waals surface area contributed by atoms with Gasteiger partial charge in [-0.3, -0.25) is 19.7 Å². The van der Waals surface area contributed by atoms with Crippen molar-refractivity contribution in [1.82, 2.24) is 15.5 Å². The molecule has 0 aromatic carbocycles. The number of imide groups is 1. The Hall–Kier alpha value is -2.56. The predicted molar refractivity (Wildman–Crippen MR) is 62.7 cm³/mol. The third kappa shape index (κ3) is 4.31. The predicted octanol–water partition coefficient (Wildman–Crippen LogP) is -1.48. The van der Waals surface area contributed by atoms with Gasteiger partial charge in [0.2, 0.25) is 11.8 Å². The van der Waals surface area contributed by atoms with Gasteiger partial charge in [-0.2, -0.15) is 0 Å². The van der Waals surface area contributed by atoms with Gasteiger partial charge in [-0.05, 0) is 6.42 Å². The molecule has 1 rings (SSSR count). The molecule has 1 heterocycles. The van der Waals surface area contributed by atoms with E-state index < -0.39 is 36.4 Å². The van der Waals surface area contributed by atoms with E-state index in [0.29, 0.717) is 0 Å². The molecule has 0 bridgehead atoms. The summed E-state index contributed by atoms with van der Waals surface area (Å²) in [5, 5.41) is 13.1. The second-order valence-corrected chi connectivity index (χ2v) is 3.91. The lowest BCUT2D eigenvalue weighted by molar-refractivity contribution is -0.137. The van der Waals surface area contributed by atoms with Gasteiger partial charge in [0, 0.05) is 6.42 Å². The van der Waals surface area contributed by atoms with Crippen LogP contribution >= 0.6 is 0 Å². The number of carboxylic acid groups (broad SMARTS) is 1. The summed E-state index contributed by atoms with van der Waals surface area (Å²) in [6.07, 6.45) is 5.32. The van der Waals surface area contributed by atoms with Crippen molar-refractivity contribution in [3.63, 3.8) is 0 Å². The molecule has 8 heteroatoms. The first-order valence-corrected chi connectivity index (χ1v) is 5.48. The Morgan fingerprint density at radius 3 is 2.74 bits per heavy atom. The SMILES string of the molecule is C#CCN(CC(=O)O)C(=O)NC1CCC(=O)NC1=O. The molecule has 3 N–H and O–H groups in total. The van der Waals surface area contributed by atoms with Crippen LogP contribution in [0.2, 0.25) is 0 Å². The Bertz CT molecular complexity index is 454. The molecule has 1 aliphatic rings. The van der Waals surface area contributed by atoms with Crippen LogP contribution in [0.4, 0.5) is 4.79 Å². The van der Waals surface area contributed by atoms with Gasteiger partial charge in [-0.1, -0.05) is 5.92 Å². The Kier molecular flexibility index (Phi) is 4.88. The van der Waals surface area contributed by atoms with Gasteiger partial charge in [0.25, 0.3) is 0 Å². The summed E-state index contributed by atoms with van der Waals surface area (Å²) < 4.78 is 0. The lowest BCUT2D eigenvalue weighted by Gasteiger charge is -2.25. The summed E-state index contributed by atoms with van der Waals surface area (Å²) in [5.74, 6) is -0.0695. The fraction of sp³-hybridized carbons (Fsp3) is 0.455. The van der Waals surface area contributed by atoms with Crippen LogP contribution < -0.4 is 10.6 Å². The third-order valence-corrected chi connectivity index (χ3v) is 2.43. The minimum Gasteiger partial charge on any atom is -0.480 e. The summed E-state index contributed by atoms with van der Waals surface area (Å²) >= 11 is 0. The van der Waals surface area contributed by atoms with E-state index in [0.717, 1.165) is 4.90 Å². The van der Waals surface area contributed by atoms with Gasteiger partial charge in [-0.25, -0.2) is 4.79 Å². The highest BCUT2D eigenvalue weighted by atomic mass is 16.4. The zero-order valence-corrected chi connectivity index (χ0v) is 10.0. The Labute approximate surface area is 109 Å². The molecular formula is C11H13N3O5. The average molecular weight is 267 g/mol. The maximum absolute atomic E-state index is 11.8. The van der Waals surface area contributed by atoms with Crippen molar-refractivity contribution in [3.05, 3.63) is 0 Å². The van der Waals surface area contributed by atoms with Crippen LogP contribution in [0.25, 0.3) is 0 Å². The lowest BCUT2D eigenvalue weighted by Crippen LogP contribution is -2.55. The molecule has 19 heavy (non-hydrogen) atoms. The number of amides is 4. The molecule has 102 valence electrons. The van der Waals surface area contributed by atoms with E-state index in [2.05, 4.69) is 16.6 Å². The van der Waals surface area contributed by atoms with Crippen molar-refractivity contribution in [2.24, 2.45) is 0 Å². The van der Waals surface area contributed by atoms with E-state index in [-0.39, 0.29) is 19.4 Å². The van der Waals surface area contributed by atoms with Crippen LogP contribution in [-0.2, 0) is 14.4 Å². The van der Waals surface area contributed by atoms with Crippen LogP contribution in [0.5, 0.6) is 0 Å². The molecule has 0 aromatic rings. The molecular weight excluding hydrogens is 254 g/mol. The largest absolute Gasteiger partial charge is 0.480 e. The van der Waals surface area contributed by atoms with Crippen molar-refractivity contribution in [3.8, 4) is 12.3 Å². The molecule has 1 aliphatic heterocycles. The van der Waals surface area contributed by atoms with Crippen LogP contribution in [0.15, 0.2) is 0 Å². The summed E-state index contributed by atoms with van der Waals surface area (Å²) in [4.78, 5) is 45.6. The van der Waals surface area contributed by atoms with E-state index in [1.807, 2.05) is 0 Å². The van der Waals surface area contributed by atoms with Crippen molar-refractivity contribution in [2.45, 2.75) is 18.9 Å². The second-order valence-electron chi connectivity index (χ2n) is 3.91. The van der Waals surface area contributed by atoms with Gasteiger partial charge < -0.3 is 15.3 Å². The highest BCUT2D eigenvalue weighted by Gasteiger charge is 2.29. The molecule has 8 nitrogen and oxygen atoms in total. The van der Waals surface area contributed by atoms with Gasteiger partial charge in [0.15, 0.2) is 0 Å². The van der Waals surface area contributed by atoms with Gasteiger partial charge in [-0.15, -0.1) is 6.42 Å². The maximum atomic E-state index is 11.8. The first kappa shape index (κ1) is 14.5. The average Bonchev–Trinajstić information content (AvgIpc) is 2.31. The minimum atomic E-state index is -1.21. The molecule has 0 spiro atoms. The number of carbonyl (C=O) groups excluding carboxylic acids is 3. The smallest absolute Gasteiger partial charge is 0.323 e. The summed E-state index contributed by atoms with van der Waals surface area (Å²) in [7, 11) is 0. The van der Waals surface area contributed by atoms with Crippen LogP contribution in [0.1, 0.15) is 12.8 Å². The minimum absolute atomic E-state index is 0.116. The number of nitrogens with zero attached hydrogens (tertiary/aromatic N) is 1. The van der Waals surface area contributed by atoms with E-state index in [1.54, 1.807) is 0 Å². The first-order chi connectivity index (χ1) is 8.93. The second kappa shape index (κ2) is 6.39. The van der Waals surface area contributed by atoms with Gasteiger partial charge in [0.1, 0.15) is 12.6 Å². The van der Waals surface area contributed by atoms with E-state index in [1.165, 1.54) is 0 Å². The Balaban J connectivity index is 2.61. The molecule has 0 aromatic heterocycles. The van der Waals surface area contributed by atoms with Gasteiger partial charge in [0.05, 0.1) is 6.54 Å². The Morgan fingerprint density at radius 1 is 1.53 bits per heavy atom. The lowest BCUT2D eigenvalue weighted by atomic mass is 10.1. The number of piperidine rings is 1. The van der Waals surface area contributed by atoms with Crippen molar-refractivity contribution in [1.29, 1.82) is 0 Å². The molecule has 1 saturated heterocycles. The summed E-state index contributed by atoms with van der Waals surface area (Å²) in [6.45, 7) is -0.755. The van der Waals surface area contributed by atoms with Crippen molar-refractivity contribution >= 4 is 23.8 Å². The molecule has 1 unspecified atom stereocenters. The first-order valence-electron chi connectivity index (χ1n) is 5.48. The van der Waals surface area contributed by atoms with E-state index in [4.69, 9.17) is 11.5 Å². The standard InChI is InChI=1S/C11H13N3O5/c1-2-5-14(6-9(16)17)11(19)12-7-3-4-8(15)13-10(7)18/h1,7H,3-6H2,(H,12,19)(H,16,17)(H,13,15,18). The number of hydrogen-bond acceptors (Lipinski definition) is 4. The monoisotopic (exact) mass is 267 g/mol.